The molecule has 0 heterocycles. The molecule has 0 aliphatic carbocycles. The van der Waals surface area contributed by atoms with Gasteiger partial charge in [-0.15, -0.1) is 0 Å². The van der Waals surface area contributed by atoms with Crippen LogP contribution in [-0.2, 0) is 0 Å². The minimum absolute atomic E-state index is 0.0823. The molecule has 0 atom stereocenters. The van der Waals surface area contributed by atoms with Crippen LogP contribution in [-0.4, -0.2) is 21.1 Å². The SMILES string of the molecule is Cc1cc(Br)c(Br)c(C(=O)c2cc(O)c(O)c(Br)c2)c1O. The Morgan fingerprint density at radius 3 is 2.14 bits per heavy atom. The Morgan fingerprint density at radius 2 is 1.57 bits per heavy atom. The molecule has 0 fully saturated rings. The van der Waals surface area contributed by atoms with Crippen molar-refractivity contribution in [2.45, 2.75) is 6.92 Å². The number of carbonyl (C=O) groups excluding carboxylic acids is 1. The molecule has 7 heteroatoms. The average molecular weight is 481 g/mol. The van der Waals surface area contributed by atoms with Crippen molar-refractivity contribution in [2.24, 2.45) is 0 Å². The van der Waals surface area contributed by atoms with Crippen LogP contribution in [0.2, 0.25) is 0 Å². The minimum atomic E-state index is -0.486. The average Bonchev–Trinajstić information content (AvgIpc) is 2.42. The van der Waals surface area contributed by atoms with Gasteiger partial charge in [-0.2, -0.15) is 0 Å². The number of benzene rings is 2. The number of ketones is 1. The van der Waals surface area contributed by atoms with Gasteiger partial charge in [-0.1, -0.05) is 0 Å². The van der Waals surface area contributed by atoms with Crippen molar-refractivity contribution in [3.63, 3.8) is 0 Å². The van der Waals surface area contributed by atoms with Crippen LogP contribution in [0.4, 0.5) is 0 Å². The van der Waals surface area contributed by atoms with Crippen LogP contribution in [0.15, 0.2) is 31.6 Å². The van der Waals surface area contributed by atoms with Gasteiger partial charge in [0.1, 0.15) is 5.75 Å². The summed E-state index contributed by atoms with van der Waals surface area (Å²) in [6, 6.07) is 4.20. The summed E-state index contributed by atoms with van der Waals surface area (Å²) in [6.07, 6.45) is 0. The molecule has 0 unspecified atom stereocenters. The largest absolute Gasteiger partial charge is 0.507 e. The third-order valence-corrected chi connectivity index (χ3v) is 5.50. The van der Waals surface area contributed by atoms with E-state index in [1.165, 1.54) is 6.07 Å². The number of phenols is 3. The van der Waals surface area contributed by atoms with Gasteiger partial charge in [0.05, 0.1) is 10.0 Å². The number of hydrogen-bond acceptors (Lipinski definition) is 4. The summed E-state index contributed by atoms with van der Waals surface area (Å²) in [5.74, 6) is -1.39. The molecule has 0 spiro atoms. The smallest absolute Gasteiger partial charge is 0.198 e. The number of carbonyl (C=O) groups is 1. The topological polar surface area (TPSA) is 77.8 Å². The van der Waals surface area contributed by atoms with Crippen LogP contribution in [0.1, 0.15) is 21.5 Å². The summed E-state index contributed by atoms with van der Waals surface area (Å²) in [5, 5.41) is 29.2. The van der Waals surface area contributed by atoms with E-state index in [0.717, 1.165) is 6.07 Å². The van der Waals surface area contributed by atoms with E-state index in [0.29, 0.717) is 14.5 Å². The van der Waals surface area contributed by atoms with E-state index in [2.05, 4.69) is 47.8 Å². The van der Waals surface area contributed by atoms with Gasteiger partial charge in [0.2, 0.25) is 0 Å². The zero-order valence-electron chi connectivity index (χ0n) is 10.6. The lowest BCUT2D eigenvalue weighted by Crippen LogP contribution is -2.04. The monoisotopic (exact) mass is 478 g/mol. The molecule has 0 amide bonds. The van der Waals surface area contributed by atoms with E-state index in [1.54, 1.807) is 13.0 Å². The third kappa shape index (κ3) is 2.95. The lowest BCUT2D eigenvalue weighted by atomic mass is 10.00. The van der Waals surface area contributed by atoms with Crippen molar-refractivity contribution >= 4 is 53.6 Å². The standard InChI is InChI=1S/C14H9Br3O4/c1-5-2-7(15)11(17)10(12(5)19)13(20)6-3-8(16)14(21)9(18)4-6/h2-4,18-19,21H,1H3. The van der Waals surface area contributed by atoms with Gasteiger partial charge in [-0.3, -0.25) is 4.79 Å². The molecule has 0 saturated heterocycles. The number of aryl methyl sites for hydroxylation is 1. The van der Waals surface area contributed by atoms with Crippen molar-refractivity contribution in [1.29, 1.82) is 0 Å². The molecule has 0 bridgehead atoms. The first-order chi connectivity index (χ1) is 9.73. The van der Waals surface area contributed by atoms with Crippen molar-refractivity contribution in [3.05, 3.63) is 48.3 Å². The van der Waals surface area contributed by atoms with Crippen LogP contribution in [0.3, 0.4) is 0 Å². The molecule has 2 aromatic carbocycles. The summed E-state index contributed by atoms with van der Waals surface area (Å²) in [5.41, 5.74) is 0.750. The summed E-state index contributed by atoms with van der Waals surface area (Å²) < 4.78 is 1.23. The fourth-order valence-electron chi connectivity index (χ4n) is 1.81. The molecule has 110 valence electrons. The van der Waals surface area contributed by atoms with Crippen molar-refractivity contribution in [2.75, 3.05) is 0 Å². The van der Waals surface area contributed by atoms with Gasteiger partial charge in [0.25, 0.3) is 0 Å². The Bertz CT molecular complexity index is 707. The first-order valence-electron chi connectivity index (χ1n) is 5.67. The van der Waals surface area contributed by atoms with Gasteiger partial charge in [-0.25, -0.2) is 0 Å². The number of aromatic hydroxyl groups is 3. The fraction of sp³-hybridized carbons (Fsp3) is 0.0714. The molecule has 0 aliphatic rings. The van der Waals surface area contributed by atoms with E-state index in [9.17, 15) is 20.1 Å². The van der Waals surface area contributed by atoms with Crippen LogP contribution >= 0.6 is 47.8 Å². The second kappa shape index (κ2) is 5.98. The first-order valence-corrected chi connectivity index (χ1v) is 8.05. The van der Waals surface area contributed by atoms with Crippen LogP contribution in [0.25, 0.3) is 0 Å². The Balaban J connectivity index is 2.66. The van der Waals surface area contributed by atoms with Gasteiger partial charge >= 0.3 is 0 Å². The quantitative estimate of drug-likeness (QED) is 0.432. The second-order valence-electron chi connectivity index (χ2n) is 4.37. The molecule has 0 aromatic heterocycles. The molecular weight excluding hydrogens is 472 g/mol. The predicted octanol–water partition coefficient (Wildman–Crippen LogP) is 4.63. The summed E-state index contributed by atoms with van der Waals surface area (Å²) in [6.45, 7) is 1.67. The minimum Gasteiger partial charge on any atom is -0.507 e. The van der Waals surface area contributed by atoms with Crippen molar-refractivity contribution in [3.8, 4) is 17.2 Å². The maximum absolute atomic E-state index is 12.6. The molecule has 0 aliphatic heterocycles. The van der Waals surface area contributed by atoms with Gasteiger partial charge in [-0.05, 0) is 78.5 Å². The van der Waals surface area contributed by atoms with E-state index >= 15 is 0 Å². The third-order valence-electron chi connectivity index (χ3n) is 2.92. The van der Waals surface area contributed by atoms with E-state index in [-0.39, 0.29) is 27.1 Å². The molecule has 3 N–H and O–H groups in total. The van der Waals surface area contributed by atoms with Crippen LogP contribution in [0, 0.1) is 6.92 Å². The van der Waals surface area contributed by atoms with E-state index < -0.39 is 11.5 Å². The molecule has 0 saturated carbocycles. The molecule has 2 rings (SSSR count). The van der Waals surface area contributed by atoms with Gasteiger partial charge in [0, 0.05) is 14.5 Å². The molecule has 0 radical (unpaired) electrons. The van der Waals surface area contributed by atoms with Crippen LogP contribution in [0.5, 0.6) is 17.2 Å². The maximum Gasteiger partial charge on any atom is 0.198 e. The zero-order chi connectivity index (χ0) is 15.9. The van der Waals surface area contributed by atoms with E-state index in [1.807, 2.05) is 0 Å². The number of rotatable bonds is 2. The van der Waals surface area contributed by atoms with Gasteiger partial charge < -0.3 is 15.3 Å². The molecule has 2 aromatic rings. The number of phenolic OH excluding ortho intramolecular Hbond substituents is 3. The molecule has 4 nitrogen and oxygen atoms in total. The van der Waals surface area contributed by atoms with E-state index in [4.69, 9.17) is 0 Å². The predicted molar refractivity (Wildman–Crippen MR) is 89.1 cm³/mol. The summed E-state index contributed by atoms with van der Waals surface area (Å²) in [4.78, 5) is 12.6. The Hall–Kier alpha value is -1.05. The zero-order valence-corrected chi connectivity index (χ0v) is 15.4. The van der Waals surface area contributed by atoms with Gasteiger partial charge in [0.15, 0.2) is 17.3 Å². The molecular formula is C14H9Br3O4. The maximum atomic E-state index is 12.6. The van der Waals surface area contributed by atoms with Crippen LogP contribution < -0.4 is 0 Å². The highest BCUT2D eigenvalue weighted by atomic mass is 79.9. The Labute approximate surface area is 145 Å². The molecule has 21 heavy (non-hydrogen) atoms. The highest BCUT2D eigenvalue weighted by molar-refractivity contribution is 9.13. The first kappa shape index (κ1) is 16.3. The summed E-state index contributed by atoms with van der Waals surface area (Å²) >= 11 is 9.62. The Morgan fingerprint density at radius 1 is 0.952 bits per heavy atom. The lowest BCUT2D eigenvalue weighted by molar-refractivity contribution is 0.103. The fourth-order valence-corrected chi connectivity index (χ4v) is 3.28. The number of hydrogen-bond donors (Lipinski definition) is 3. The van der Waals surface area contributed by atoms with Crippen molar-refractivity contribution in [1.82, 2.24) is 0 Å². The normalized spacial score (nSPS) is 10.7. The lowest BCUT2D eigenvalue weighted by Gasteiger charge is -2.12. The highest BCUT2D eigenvalue weighted by Gasteiger charge is 2.22. The van der Waals surface area contributed by atoms with Crippen molar-refractivity contribution < 1.29 is 20.1 Å². The summed E-state index contributed by atoms with van der Waals surface area (Å²) in [7, 11) is 0. The second-order valence-corrected chi connectivity index (χ2v) is 6.87. The highest BCUT2D eigenvalue weighted by Crippen LogP contribution is 2.39. The Kier molecular flexibility index (Phi) is 4.65. The number of halogens is 3.